The van der Waals surface area contributed by atoms with Crippen LogP contribution in [0.4, 0.5) is 0 Å². The highest BCUT2D eigenvalue weighted by Gasteiger charge is 2.42. The molecule has 2 aliphatic rings. The Hall–Kier alpha value is -2.70. The molecule has 0 saturated carbocycles. The average molecular weight is 427 g/mol. The summed E-state index contributed by atoms with van der Waals surface area (Å²) in [7, 11) is 3.20. The van der Waals surface area contributed by atoms with Gasteiger partial charge in [-0.15, -0.1) is 11.3 Å². The maximum Gasteiger partial charge on any atom is 0.215 e. The zero-order valence-corrected chi connectivity index (χ0v) is 17.5. The van der Waals surface area contributed by atoms with Gasteiger partial charge in [-0.3, -0.25) is 0 Å². The lowest BCUT2D eigenvalue weighted by molar-refractivity contribution is -0.0191. The summed E-state index contributed by atoms with van der Waals surface area (Å²) in [4.78, 5) is 1.18. The lowest BCUT2D eigenvalue weighted by Gasteiger charge is -2.38. The summed E-state index contributed by atoms with van der Waals surface area (Å²) < 4.78 is 17.3. The molecule has 0 N–H and O–H groups in total. The molecule has 2 aromatic carbocycles. The molecule has 5 nitrogen and oxygen atoms in total. The van der Waals surface area contributed by atoms with Gasteiger partial charge >= 0.3 is 0 Å². The molecule has 2 aliphatic heterocycles. The molecule has 3 aromatic rings. The van der Waals surface area contributed by atoms with Crippen molar-refractivity contribution in [3.8, 4) is 17.2 Å². The van der Waals surface area contributed by atoms with Gasteiger partial charge in [-0.2, -0.15) is 5.10 Å². The number of methoxy groups -OCH3 is 2. The molecule has 148 valence electrons. The van der Waals surface area contributed by atoms with Crippen LogP contribution >= 0.6 is 22.9 Å². The molecular formula is C22H19ClN2O3S. The van der Waals surface area contributed by atoms with E-state index in [-0.39, 0.29) is 6.04 Å². The minimum Gasteiger partial charge on any atom is -0.493 e. The van der Waals surface area contributed by atoms with Crippen LogP contribution in [0.1, 0.15) is 34.7 Å². The molecule has 0 fully saturated rings. The van der Waals surface area contributed by atoms with Crippen LogP contribution in [0, 0.1) is 0 Å². The number of rotatable bonds is 4. The van der Waals surface area contributed by atoms with Crippen LogP contribution in [0.5, 0.6) is 17.2 Å². The smallest absolute Gasteiger partial charge is 0.215 e. The number of para-hydroxylation sites is 1. The van der Waals surface area contributed by atoms with Gasteiger partial charge in [0.1, 0.15) is 5.75 Å². The lowest BCUT2D eigenvalue weighted by Crippen LogP contribution is -2.33. The second-order valence-electron chi connectivity index (χ2n) is 6.86. The van der Waals surface area contributed by atoms with E-state index in [4.69, 9.17) is 30.9 Å². The first kappa shape index (κ1) is 18.3. The summed E-state index contributed by atoms with van der Waals surface area (Å²) in [6, 6.07) is 16.0. The van der Waals surface area contributed by atoms with Gasteiger partial charge in [0.15, 0.2) is 11.5 Å². The third kappa shape index (κ3) is 3.03. The van der Waals surface area contributed by atoms with Gasteiger partial charge in [0.2, 0.25) is 6.23 Å². The van der Waals surface area contributed by atoms with Gasteiger partial charge < -0.3 is 14.2 Å². The summed E-state index contributed by atoms with van der Waals surface area (Å²) in [6.07, 6.45) is 0.363. The van der Waals surface area contributed by atoms with Crippen LogP contribution in [0.2, 0.25) is 5.02 Å². The third-order valence-corrected chi connectivity index (χ3v) is 6.52. The molecule has 0 amide bonds. The van der Waals surface area contributed by atoms with Gasteiger partial charge in [0, 0.05) is 23.6 Å². The first-order valence-corrected chi connectivity index (χ1v) is 10.5. The molecule has 5 rings (SSSR count). The monoisotopic (exact) mass is 426 g/mol. The van der Waals surface area contributed by atoms with Gasteiger partial charge in [0.25, 0.3) is 0 Å². The molecule has 0 bridgehead atoms. The Morgan fingerprint density at radius 1 is 1.07 bits per heavy atom. The summed E-state index contributed by atoms with van der Waals surface area (Å²) in [5.74, 6) is 2.04. The average Bonchev–Trinajstić information content (AvgIpc) is 3.43. The summed E-state index contributed by atoms with van der Waals surface area (Å²) in [6.45, 7) is 0. The van der Waals surface area contributed by atoms with Crippen LogP contribution in [-0.4, -0.2) is 24.9 Å². The Bertz CT molecular complexity index is 1080. The minimum atomic E-state index is -0.459. The van der Waals surface area contributed by atoms with Crippen LogP contribution in [0.25, 0.3) is 0 Å². The highest BCUT2D eigenvalue weighted by molar-refractivity contribution is 7.12. The zero-order valence-electron chi connectivity index (χ0n) is 16.0. The van der Waals surface area contributed by atoms with Crippen molar-refractivity contribution in [1.82, 2.24) is 5.01 Å². The number of fused-ring (bicyclic) bond motifs is 3. The van der Waals surface area contributed by atoms with Crippen LogP contribution in [0.3, 0.4) is 0 Å². The third-order valence-electron chi connectivity index (χ3n) is 5.27. The normalized spacial score (nSPS) is 19.8. The van der Waals surface area contributed by atoms with E-state index in [1.807, 2.05) is 35.3 Å². The fourth-order valence-electron chi connectivity index (χ4n) is 3.89. The van der Waals surface area contributed by atoms with Crippen molar-refractivity contribution in [1.29, 1.82) is 0 Å². The van der Waals surface area contributed by atoms with E-state index in [0.29, 0.717) is 16.5 Å². The Morgan fingerprint density at radius 2 is 1.86 bits per heavy atom. The first-order valence-electron chi connectivity index (χ1n) is 9.26. The Kier molecular flexibility index (Phi) is 4.60. The van der Waals surface area contributed by atoms with Crippen molar-refractivity contribution in [3.05, 3.63) is 74.9 Å². The van der Waals surface area contributed by atoms with Crippen molar-refractivity contribution in [2.75, 3.05) is 14.2 Å². The predicted molar refractivity (Wildman–Crippen MR) is 114 cm³/mol. The lowest BCUT2D eigenvalue weighted by atomic mass is 9.97. The van der Waals surface area contributed by atoms with Crippen molar-refractivity contribution in [2.24, 2.45) is 5.10 Å². The summed E-state index contributed by atoms with van der Waals surface area (Å²) in [5.41, 5.74) is 2.99. The number of benzene rings is 2. The Balaban J connectivity index is 1.63. The standard InChI is InChI=1S/C22H19ClN2O3S/c1-26-19-10-14(15(23)11-20(19)27-2)22-25-17(13-6-3-4-7-18(13)28-22)12-16(24-25)21-8-5-9-29-21/h3-11,17,22H,12H2,1-2H3/t17-,22-/m0/s1. The second kappa shape index (κ2) is 7.28. The molecule has 0 unspecified atom stereocenters. The van der Waals surface area contributed by atoms with Crippen LogP contribution in [0.15, 0.2) is 59.0 Å². The predicted octanol–water partition coefficient (Wildman–Crippen LogP) is 5.66. The van der Waals surface area contributed by atoms with Gasteiger partial charge in [-0.05, 0) is 23.6 Å². The van der Waals surface area contributed by atoms with E-state index in [0.717, 1.165) is 29.0 Å². The summed E-state index contributed by atoms with van der Waals surface area (Å²) >= 11 is 8.33. The molecule has 7 heteroatoms. The van der Waals surface area contributed by atoms with Gasteiger partial charge in [-0.1, -0.05) is 35.9 Å². The van der Waals surface area contributed by atoms with E-state index in [9.17, 15) is 0 Å². The minimum absolute atomic E-state index is 0.0891. The molecule has 0 saturated heterocycles. The molecule has 2 atom stereocenters. The van der Waals surface area contributed by atoms with Crippen molar-refractivity contribution in [2.45, 2.75) is 18.7 Å². The maximum atomic E-state index is 6.64. The molecule has 0 spiro atoms. The van der Waals surface area contributed by atoms with Gasteiger partial charge in [0.05, 0.1) is 35.9 Å². The first-order chi connectivity index (χ1) is 14.2. The number of thiophene rings is 1. The van der Waals surface area contributed by atoms with E-state index < -0.39 is 6.23 Å². The van der Waals surface area contributed by atoms with E-state index in [1.165, 1.54) is 4.88 Å². The molecule has 1 aromatic heterocycles. The molecule has 0 aliphatic carbocycles. The summed E-state index contributed by atoms with van der Waals surface area (Å²) in [5, 5.41) is 9.59. The molecule has 3 heterocycles. The molecule has 29 heavy (non-hydrogen) atoms. The number of hydrazone groups is 1. The van der Waals surface area contributed by atoms with Crippen molar-refractivity contribution < 1.29 is 14.2 Å². The van der Waals surface area contributed by atoms with Crippen LogP contribution in [-0.2, 0) is 0 Å². The maximum absolute atomic E-state index is 6.64. The van der Waals surface area contributed by atoms with E-state index in [1.54, 1.807) is 31.6 Å². The number of halogens is 1. The number of hydrogen-bond acceptors (Lipinski definition) is 6. The quantitative estimate of drug-likeness (QED) is 0.539. The highest BCUT2D eigenvalue weighted by atomic mass is 35.5. The number of ether oxygens (including phenoxy) is 3. The van der Waals surface area contributed by atoms with E-state index in [2.05, 4.69) is 17.5 Å². The SMILES string of the molecule is COc1cc(Cl)c([C@@H]2Oc3ccccc3[C@@H]3CC(c4cccs4)=NN32)cc1OC. The highest BCUT2D eigenvalue weighted by Crippen LogP contribution is 2.49. The Labute approximate surface area is 178 Å². The Morgan fingerprint density at radius 3 is 2.62 bits per heavy atom. The number of nitrogens with zero attached hydrogens (tertiary/aromatic N) is 2. The van der Waals surface area contributed by atoms with Crippen molar-refractivity contribution in [3.63, 3.8) is 0 Å². The van der Waals surface area contributed by atoms with Crippen LogP contribution < -0.4 is 14.2 Å². The zero-order chi connectivity index (χ0) is 20.0. The fourth-order valence-corrected chi connectivity index (χ4v) is 4.86. The topological polar surface area (TPSA) is 43.3 Å². The largest absolute Gasteiger partial charge is 0.493 e. The fraction of sp³-hybridized carbons (Fsp3) is 0.227. The van der Waals surface area contributed by atoms with E-state index >= 15 is 0 Å². The van der Waals surface area contributed by atoms with Gasteiger partial charge in [-0.25, -0.2) is 5.01 Å². The number of hydrogen-bond donors (Lipinski definition) is 0. The second-order valence-corrected chi connectivity index (χ2v) is 8.22. The molecular weight excluding hydrogens is 408 g/mol. The van der Waals surface area contributed by atoms with Crippen molar-refractivity contribution >= 4 is 28.6 Å². The molecule has 0 radical (unpaired) electrons.